The van der Waals surface area contributed by atoms with Gasteiger partial charge in [-0.3, -0.25) is 25.2 Å². The Morgan fingerprint density at radius 3 is 2.41 bits per heavy atom. The fraction of sp³-hybridized carbons (Fsp3) is 0.318. The van der Waals surface area contributed by atoms with Crippen molar-refractivity contribution in [2.24, 2.45) is 5.92 Å². The molecular formula is C22H25N3O4. The van der Waals surface area contributed by atoms with Gasteiger partial charge in [-0.2, -0.15) is 0 Å². The van der Waals surface area contributed by atoms with Gasteiger partial charge in [-0.1, -0.05) is 48.5 Å². The summed E-state index contributed by atoms with van der Waals surface area (Å²) >= 11 is 0. The molecule has 7 heteroatoms. The van der Waals surface area contributed by atoms with E-state index in [1.54, 1.807) is 4.90 Å². The molecule has 1 aliphatic heterocycles. The van der Waals surface area contributed by atoms with Gasteiger partial charge in [0.05, 0.1) is 5.92 Å². The average molecular weight is 395 g/mol. The van der Waals surface area contributed by atoms with Crippen LogP contribution >= 0.6 is 0 Å². The molecule has 29 heavy (non-hydrogen) atoms. The van der Waals surface area contributed by atoms with Crippen molar-refractivity contribution in [1.82, 2.24) is 15.8 Å². The van der Waals surface area contributed by atoms with E-state index in [-0.39, 0.29) is 24.8 Å². The van der Waals surface area contributed by atoms with Crippen LogP contribution in [0, 0.1) is 19.8 Å². The zero-order valence-corrected chi connectivity index (χ0v) is 16.6. The third-order valence-electron chi connectivity index (χ3n) is 4.88. The molecule has 1 saturated heterocycles. The monoisotopic (exact) mass is 395 g/mol. The molecule has 0 saturated carbocycles. The van der Waals surface area contributed by atoms with Gasteiger partial charge < -0.3 is 9.64 Å². The van der Waals surface area contributed by atoms with Gasteiger partial charge in [0, 0.05) is 19.5 Å². The van der Waals surface area contributed by atoms with Crippen molar-refractivity contribution >= 4 is 17.7 Å². The molecular weight excluding hydrogens is 370 g/mol. The summed E-state index contributed by atoms with van der Waals surface area (Å²) in [6.07, 6.45) is 0.132. The normalized spacial score (nSPS) is 15.9. The van der Waals surface area contributed by atoms with Crippen molar-refractivity contribution < 1.29 is 19.1 Å². The lowest BCUT2D eigenvalue weighted by Crippen LogP contribution is -2.46. The predicted octanol–water partition coefficient (Wildman–Crippen LogP) is 1.88. The van der Waals surface area contributed by atoms with Gasteiger partial charge in [0.1, 0.15) is 5.75 Å². The number of nitrogens with zero attached hydrogens (tertiary/aromatic N) is 1. The molecule has 7 nitrogen and oxygen atoms in total. The minimum Gasteiger partial charge on any atom is -0.483 e. The van der Waals surface area contributed by atoms with E-state index in [0.29, 0.717) is 18.8 Å². The van der Waals surface area contributed by atoms with Crippen LogP contribution in [0.15, 0.2) is 48.5 Å². The number of nitrogens with one attached hydrogen (secondary N) is 2. The van der Waals surface area contributed by atoms with Crippen LogP contribution in [0.2, 0.25) is 0 Å². The standard InChI is InChI=1S/C22H25N3O4/c1-15-7-6-8-16(2)21(15)29-14-19(26)23-24-22(28)18-11-20(27)25(13-18)12-17-9-4-3-5-10-17/h3-10,18H,11-14H2,1-2H3,(H,23,26)(H,24,28). The highest BCUT2D eigenvalue weighted by Gasteiger charge is 2.34. The maximum Gasteiger partial charge on any atom is 0.276 e. The first kappa shape index (κ1) is 20.4. The summed E-state index contributed by atoms with van der Waals surface area (Å²) in [5.41, 5.74) is 7.63. The summed E-state index contributed by atoms with van der Waals surface area (Å²) in [5, 5.41) is 0. The molecule has 152 valence electrons. The van der Waals surface area contributed by atoms with Crippen LogP contribution in [-0.2, 0) is 20.9 Å². The number of carbonyl (C=O) groups excluding carboxylic acids is 3. The number of hydrogen-bond donors (Lipinski definition) is 2. The quantitative estimate of drug-likeness (QED) is 0.731. The minimum atomic E-state index is -0.494. The highest BCUT2D eigenvalue weighted by molar-refractivity contribution is 5.90. The number of para-hydroxylation sites is 1. The lowest BCUT2D eigenvalue weighted by molar-refractivity contribution is -0.132. The molecule has 1 unspecified atom stereocenters. The zero-order chi connectivity index (χ0) is 20.8. The molecule has 0 aromatic heterocycles. The number of hydrogen-bond acceptors (Lipinski definition) is 4. The van der Waals surface area contributed by atoms with Crippen LogP contribution in [0.3, 0.4) is 0 Å². The fourth-order valence-corrected chi connectivity index (χ4v) is 3.34. The Kier molecular flexibility index (Phi) is 6.49. The van der Waals surface area contributed by atoms with E-state index in [2.05, 4.69) is 10.9 Å². The first-order chi connectivity index (χ1) is 13.9. The van der Waals surface area contributed by atoms with E-state index < -0.39 is 11.8 Å². The summed E-state index contributed by atoms with van der Waals surface area (Å²) in [4.78, 5) is 38.2. The Morgan fingerprint density at radius 2 is 1.72 bits per heavy atom. The number of rotatable bonds is 6. The van der Waals surface area contributed by atoms with Crippen molar-refractivity contribution in [3.05, 3.63) is 65.2 Å². The molecule has 1 heterocycles. The molecule has 1 fully saturated rings. The Labute approximate surface area is 170 Å². The lowest BCUT2D eigenvalue weighted by atomic mass is 10.1. The molecule has 3 amide bonds. The predicted molar refractivity (Wildman–Crippen MR) is 108 cm³/mol. The van der Waals surface area contributed by atoms with Crippen LogP contribution in [0.5, 0.6) is 5.75 Å². The molecule has 0 aliphatic carbocycles. The number of amides is 3. The Morgan fingerprint density at radius 1 is 1.03 bits per heavy atom. The molecule has 2 N–H and O–H groups in total. The Balaban J connectivity index is 1.44. The summed E-state index contributed by atoms with van der Waals surface area (Å²) in [6.45, 7) is 4.39. The lowest BCUT2D eigenvalue weighted by Gasteiger charge is -2.17. The number of benzene rings is 2. The van der Waals surface area contributed by atoms with Crippen LogP contribution in [0.25, 0.3) is 0 Å². The second-order valence-corrected chi connectivity index (χ2v) is 7.21. The summed E-state index contributed by atoms with van der Waals surface area (Å²) in [7, 11) is 0. The SMILES string of the molecule is Cc1cccc(C)c1OCC(=O)NNC(=O)C1CC(=O)N(Cc2ccccc2)C1. The summed E-state index contributed by atoms with van der Waals surface area (Å²) < 4.78 is 5.56. The molecule has 0 spiro atoms. The number of carbonyl (C=O) groups is 3. The van der Waals surface area contributed by atoms with Gasteiger partial charge in [0.15, 0.2) is 6.61 Å². The van der Waals surface area contributed by atoms with E-state index in [9.17, 15) is 14.4 Å². The zero-order valence-electron chi connectivity index (χ0n) is 16.6. The van der Waals surface area contributed by atoms with Crippen LogP contribution in [-0.4, -0.2) is 35.8 Å². The Bertz CT molecular complexity index is 878. The maximum atomic E-state index is 12.3. The largest absolute Gasteiger partial charge is 0.483 e. The highest BCUT2D eigenvalue weighted by Crippen LogP contribution is 2.22. The van der Waals surface area contributed by atoms with Gasteiger partial charge in [-0.05, 0) is 30.5 Å². The van der Waals surface area contributed by atoms with Crippen LogP contribution in [0.4, 0.5) is 0 Å². The van der Waals surface area contributed by atoms with Gasteiger partial charge >= 0.3 is 0 Å². The van der Waals surface area contributed by atoms with Crippen molar-refractivity contribution in [3.8, 4) is 5.75 Å². The topological polar surface area (TPSA) is 87.7 Å². The first-order valence-corrected chi connectivity index (χ1v) is 9.53. The second-order valence-electron chi connectivity index (χ2n) is 7.21. The van der Waals surface area contributed by atoms with Crippen molar-refractivity contribution in [2.75, 3.05) is 13.2 Å². The molecule has 1 aliphatic rings. The average Bonchev–Trinajstić information content (AvgIpc) is 3.07. The molecule has 2 aromatic carbocycles. The maximum absolute atomic E-state index is 12.3. The first-order valence-electron chi connectivity index (χ1n) is 9.53. The number of ether oxygens (including phenoxy) is 1. The smallest absolute Gasteiger partial charge is 0.276 e. The third kappa shape index (κ3) is 5.34. The van der Waals surface area contributed by atoms with Gasteiger partial charge in [-0.25, -0.2) is 0 Å². The fourth-order valence-electron chi connectivity index (χ4n) is 3.34. The third-order valence-corrected chi connectivity index (χ3v) is 4.88. The van der Waals surface area contributed by atoms with Gasteiger partial charge in [0.25, 0.3) is 5.91 Å². The number of hydrazine groups is 1. The Hall–Kier alpha value is -3.35. The number of likely N-dealkylation sites (tertiary alicyclic amines) is 1. The van der Waals surface area contributed by atoms with Crippen molar-refractivity contribution in [1.29, 1.82) is 0 Å². The van der Waals surface area contributed by atoms with E-state index in [0.717, 1.165) is 16.7 Å². The van der Waals surface area contributed by atoms with E-state index in [4.69, 9.17) is 4.74 Å². The molecule has 3 rings (SSSR count). The van der Waals surface area contributed by atoms with Crippen LogP contribution < -0.4 is 15.6 Å². The van der Waals surface area contributed by atoms with E-state index >= 15 is 0 Å². The van der Waals surface area contributed by atoms with E-state index in [1.807, 2.05) is 62.4 Å². The van der Waals surface area contributed by atoms with Gasteiger partial charge in [0.2, 0.25) is 11.8 Å². The molecule has 2 aromatic rings. The van der Waals surface area contributed by atoms with Crippen molar-refractivity contribution in [3.63, 3.8) is 0 Å². The highest BCUT2D eigenvalue weighted by atomic mass is 16.5. The molecule has 0 bridgehead atoms. The number of aryl methyl sites for hydroxylation is 2. The summed E-state index contributed by atoms with van der Waals surface area (Å²) in [5.74, 6) is -0.752. The van der Waals surface area contributed by atoms with Gasteiger partial charge in [-0.15, -0.1) is 0 Å². The van der Waals surface area contributed by atoms with Crippen LogP contribution in [0.1, 0.15) is 23.1 Å². The van der Waals surface area contributed by atoms with Crippen molar-refractivity contribution in [2.45, 2.75) is 26.8 Å². The summed E-state index contributed by atoms with van der Waals surface area (Å²) in [6, 6.07) is 15.3. The molecule has 1 atom stereocenters. The molecule has 0 radical (unpaired) electrons. The minimum absolute atomic E-state index is 0.0707. The second kappa shape index (κ2) is 9.23. The van der Waals surface area contributed by atoms with E-state index in [1.165, 1.54) is 0 Å².